The Balaban J connectivity index is 0.00000289. The molecular weight excluding hydrogens is 340 g/mol. The highest BCUT2D eigenvalue weighted by atomic mass is 79.9. The number of hydrogen-bond acceptors (Lipinski definition) is 4. The number of ether oxygens (including phenoxy) is 1. The second kappa shape index (κ2) is 7.99. The SMILES string of the molecule is COc1c(C(=O)NCCC(C)N)sc(C)c1Br.Cl. The lowest BCUT2D eigenvalue weighted by atomic mass is 10.2. The van der Waals surface area contributed by atoms with Gasteiger partial charge in [0, 0.05) is 17.5 Å². The molecule has 1 rings (SSSR count). The summed E-state index contributed by atoms with van der Waals surface area (Å²) in [5.74, 6) is 0.493. The van der Waals surface area contributed by atoms with Crippen LogP contribution in [0.5, 0.6) is 5.75 Å². The zero-order valence-electron chi connectivity index (χ0n) is 10.6. The van der Waals surface area contributed by atoms with Crippen molar-refractivity contribution in [2.45, 2.75) is 26.3 Å². The first kappa shape index (κ1) is 17.7. The third-order valence-electron chi connectivity index (χ3n) is 2.27. The molecule has 1 heterocycles. The van der Waals surface area contributed by atoms with Gasteiger partial charge in [0.15, 0.2) is 5.75 Å². The van der Waals surface area contributed by atoms with E-state index in [0.717, 1.165) is 15.8 Å². The second-order valence-electron chi connectivity index (χ2n) is 3.86. The number of aryl methyl sites for hydroxylation is 1. The highest BCUT2D eigenvalue weighted by Gasteiger charge is 2.20. The summed E-state index contributed by atoms with van der Waals surface area (Å²) in [6, 6.07) is 0.0917. The molecule has 3 N–H and O–H groups in total. The van der Waals surface area contributed by atoms with E-state index in [1.165, 1.54) is 11.3 Å². The van der Waals surface area contributed by atoms with Gasteiger partial charge in [-0.05, 0) is 36.2 Å². The van der Waals surface area contributed by atoms with Crippen molar-refractivity contribution in [3.63, 3.8) is 0 Å². The van der Waals surface area contributed by atoms with E-state index < -0.39 is 0 Å². The first-order valence-electron chi connectivity index (χ1n) is 5.34. The Bertz CT molecular complexity index is 410. The van der Waals surface area contributed by atoms with E-state index in [1.807, 2.05) is 13.8 Å². The molecule has 1 atom stereocenters. The fourth-order valence-corrected chi connectivity index (χ4v) is 2.99. The first-order valence-corrected chi connectivity index (χ1v) is 6.95. The van der Waals surface area contributed by atoms with Crippen LogP contribution in [-0.2, 0) is 0 Å². The average Bonchev–Trinajstić information content (AvgIpc) is 2.54. The van der Waals surface area contributed by atoms with Gasteiger partial charge >= 0.3 is 0 Å². The highest BCUT2D eigenvalue weighted by molar-refractivity contribution is 9.10. The van der Waals surface area contributed by atoms with Crippen LogP contribution in [0.4, 0.5) is 0 Å². The average molecular weight is 358 g/mol. The van der Waals surface area contributed by atoms with Gasteiger partial charge < -0.3 is 15.8 Å². The van der Waals surface area contributed by atoms with Crippen LogP contribution in [-0.4, -0.2) is 25.6 Å². The van der Waals surface area contributed by atoms with Crippen LogP contribution in [0.2, 0.25) is 0 Å². The van der Waals surface area contributed by atoms with Gasteiger partial charge in [-0.2, -0.15) is 0 Å². The molecule has 7 heteroatoms. The van der Waals surface area contributed by atoms with Crippen LogP contribution >= 0.6 is 39.7 Å². The number of nitrogens with one attached hydrogen (secondary N) is 1. The van der Waals surface area contributed by atoms with Gasteiger partial charge in [0.2, 0.25) is 0 Å². The fraction of sp³-hybridized carbons (Fsp3) is 0.545. The minimum Gasteiger partial charge on any atom is -0.494 e. The molecule has 1 aromatic rings. The number of halogens is 2. The summed E-state index contributed by atoms with van der Waals surface area (Å²) in [6.45, 7) is 4.43. The van der Waals surface area contributed by atoms with Gasteiger partial charge in [-0.25, -0.2) is 0 Å². The maximum absolute atomic E-state index is 11.9. The van der Waals surface area contributed by atoms with Crippen molar-refractivity contribution in [1.29, 1.82) is 0 Å². The predicted octanol–water partition coefficient (Wildman–Crippen LogP) is 2.72. The number of methoxy groups -OCH3 is 1. The summed E-state index contributed by atoms with van der Waals surface area (Å²) in [5.41, 5.74) is 5.62. The van der Waals surface area contributed by atoms with Crippen molar-refractivity contribution in [3.05, 3.63) is 14.2 Å². The zero-order valence-corrected chi connectivity index (χ0v) is 13.8. The number of amides is 1. The standard InChI is InChI=1S/C11H17BrN2O2S.ClH/c1-6(13)4-5-14-11(15)10-9(16-3)8(12)7(2)17-10;/h6H,4-5,13H2,1-3H3,(H,14,15);1H. The van der Waals surface area contributed by atoms with Gasteiger partial charge in [0.05, 0.1) is 11.6 Å². The molecule has 0 bridgehead atoms. The van der Waals surface area contributed by atoms with Crippen LogP contribution in [0.25, 0.3) is 0 Å². The minimum absolute atomic E-state index is 0. The smallest absolute Gasteiger partial charge is 0.265 e. The molecule has 1 amide bonds. The van der Waals surface area contributed by atoms with Crippen molar-refractivity contribution in [2.75, 3.05) is 13.7 Å². The molecule has 0 aliphatic carbocycles. The lowest BCUT2D eigenvalue weighted by Crippen LogP contribution is -2.28. The number of thiophene rings is 1. The minimum atomic E-state index is -0.110. The van der Waals surface area contributed by atoms with E-state index in [1.54, 1.807) is 7.11 Å². The Kier molecular flexibility index (Phi) is 7.86. The van der Waals surface area contributed by atoms with E-state index in [4.69, 9.17) is 10.5 Å². The highest BCUT2D eigenvalue weighted by Crippen LogP contribution is 2.38. The predicted molar refractivity (Wildman–Crippen MR) is 81.2 cm³/mol. The molecule has 4 nitrogen and oxygen atoms in total. The Labute approximate surface area is 126 Å². The summed E-state index contributed by atoms with van der Waals surface area (Å²) >= 11 is 4.82. The summed E-state index contributed by atoms with van der Waals surface area (Å²) < 4.78 is 6.07. The van der Waals surface area contributed by atoms with Crippen molar-refractivity contribution >= 4 is 45.6 Å². The van der Waals surface area contributed by atoms with Gasteiger partial charge in [0.25, 0.3) is 5.91 Å². The maximum Gasteiger partial charge on any atom is 0.265 e. The quantitative estimate of drug-likeness (QED) is 0.851. The number of nitrogens with two attached hydrogens (primary N) is 1. The van der Waals surface area contributed by atoms with E-state index in [9.17, 15) is 4.79 Å². The van der Waals surface area contributed by atoms with Crippen molar-refractivity contribution in [1.82, 2.24) is 5.32 Å². The largest absolute Gasteiger partial charge is 0.494 e. The second-order valence-corrected chi connectivity index (χ2v) is 5.87. The third kappa shape index (κ3) is 4.42. The van der Waals surface area contributed by atoms with Crippen LogP contribution in [0, 0.1) is 6.92 Å². The molecule has 0 radical (unpaired) electrons. The maximum atomic E-state index is 11.9. The number of carbonyl (C=O) groups excluding carboxylic acids is 1. The van der Waals surface area contributed by atoms with Crippen LogP contribution in [0.1, 0.15) is 27.9 Å². The first-order chi connectivity index (χ1) is 7.97. The van der Waals surface area contributed by atoms with Crippen molar-refractivity contribution in [2.24, 2.45) is 5.73 Å². The normalized spacial score (nSPS) is 11.6. The van der Waals surface area contributed by atoms with E-state index in [0.29, 0.717) is 17.2 Å². The molecule has 1 aromatic heterocycles. The topological polar surface area (TPSA) is 64.3 Å². The Morgan fingerprint density at radius 2 is 2.22 bits per heavy atom. The molecule has 18 heavy (non-hydrogen) atoms. The van der Waals surface area contributed by atoms with Crippen molar-refractivity contribution < 1.29 is 9.53 Å². The number of hydrogen-bond donors (Lipinski definition) is 2. The number of carbonyl (C=O) groups is 1. The van der Waals surface area contributed by atoms with E-state index in [-0.39, 0.29) is 24.4 Å². The fourth-order valence-electron chi connectivity index (χ4n) is 1.33. The van der Waals surface area contributed by atoms with Crippen molar-refractivity contribution in [3.8, 4) is 5.75 Å². The van der Waals surface area contributed by atoms with Gasteiger partial charge in [-0.15, -0.1) is 23.7 Å². The lowest BCUT2D eigenvalue weighted by Gasteiger charge is -2.07. The Morgan fingerprint density at radius 3 is 2.72 bits per heavy atom. The molecule has 0 fully saturated rings. The summed E-state index contributed by atoms with van der Waals surface area (Å²) in [7, 11) is 1.56. The molecule has 1 unspecified atom stereocenters. The summed E-state index contributed by atoms with van der Waals surface area (Å²) in [5, 5.41) is 2.84. The third-order valence-corrected chi connectivity index (χ3v) is 4.57. The number of rotatable bonds is 5. The molecule has 0 aliphatic rings. The zero-order chi connectivity index (χ0) is 13.0. The van der Waals surface area contributed by atoms with Crippen LogP contribution in [0.3, 0.4) is 0 Å². The molecule has 104 valence electrons. The monoisotopic (exact) mass is 356 g/mol. The Morgan fingerprint density at radius 1 is 1.61 bits per heavy atom. The van der Waals surface area contributed by atoms with Gasteiger partial charge in [0.1, 0.15) is 4.88 Å². The molecule has 0 saturated carbocycles. The lowest BCUT2D eigenvalue weighted by molar-refractivity contribution is 0.0954. The van der Waals surface area contributed by atoms with E-state index in [2.05, 4.69) is 21.2 Å². The molecule has 0 spiro atoms. The summed E-state index contributed by atoms with van der Waals surface area (Å²) in [6.07, 6.45) is 0.763. The van der Waals surface area contributed by atoms with E-state index >= 15 is 0 Å². The summed E-state index contributed by atoms with van der Waals surface area (Å²) in [4.78, 5) is 13.6. The molecular formula is C11H18BrClN2O2S. The molecule has 0 aliphatic heterocycles. The van der Waals surface area contributed by atoms with Gasteiger partial charge in [-0.1, -0.05) is 0 Å². The molecule has 0 aromatic carbocycles. The van der Waals surface area contributed by atoms with Crippen LogP contribution < -0.4 is 15.8 Å². The van der Waals surface area contributed by atoms with Gasteiger partial charge in [-0.3, -0.25) is 4.79 Å². The van der Waals surface area contributed by atoms with Crippen LogP contribution in [0.15, 0.2) is 4.47 Å². The Hall–Kier alpha value is -0.300. The molecule has 0 saturated heterocycles.